The molecule has 0 aliphatic rings. The largest absolute Gasteiger partial charge is 0.280 e. The lowest BCUT2D eigenvalue weighted by molar-refractivity contribution is 0.601. The minimum atomic E-state index is -3.80. The number of nitrogens with zero attached hydrogens (tertiary/aromatic N) is 5. The van der Waals surface area contributed by atoms with Crippen molar-refractivity contribution >= 4 is 44.8 Å². The van der Waals surface area contributed by atoms with Crippen molar-refractivity contribution in [3.8, 4) is 0 Å². The Kier molecular flexibility index (Phi) is 5.79. The van der Waals surface area contributed by atoms with E-state index in [0.29, 0.717) is 28.2 Å². The number of aromatic nitrogens is 4. The van der Waals surface area contributed by atoms with Gasteiger partial charge in [0.15, 0.2) is 0 Å². The molecule has 2 heterocycles. The Labute approximate surface area is 184 Å². The average Bonchev–Trinajstić information content (AvgIpc) is 2.78. The second-order valence-electron chi connectivity index (χ2n) is 6.51. The second kappa shape index (κ2) is 8.66. The number of hydrogen-bond donors (Lipinski definition) is 1. The molecule has 0 spiro atoms. The first-order chi connectivity index (χ1) is 14.9. The van der Waals surface area contributed by atoms with Gasteiger partial charge in [-0.1, -0.05) is 17.7 Å². The van der Waals surface area contributed by atoms with Crippen LogP contribution in [0.25, 0.3) is 0 Å². The van der Waals surface area contributed by atoms with Gasteiger partial charge in [0, 0.05) is 23.6 Å². The van der Waals surface area contributed by atoms with Crippen molar-refractivity contribution in [1.82, 2.24) is 19.9 Å². The number of rotatable bonds is 6. The van der Waals surface area contributed by atoms with Gasteiger partial charge in [-0.3, -0.25) is 9.62 Å². The first kappa shape index (κ1) is 20.7. The molecule has 0 aliphatic heterocycles. The predicted molar refractivity (Wildman–Crippen MR) is 119 cm³/mol. The number of benzene rings is 2. The van der Waals surface area contributed by atoms with Gasteiger partial charge in [-0.25, -0.2) is 28.4 Å². The third-order valence-corrected chi connectivity index (χ3v) is 6.02. The van der Waals surface area contributed by atoms with E-state index in [1.165, 1.54) is 30.6 Å². The van der Waals surface area contributed by atoms with Crippen molar-refractivity contribution in [1.29, 1.82) is 0 Å². The van der Waals surface area contributed by atoms with Crippen molar-refractivity contribution in [3.63, 3.8) is 0 Å². The molecule has 0 unspecified atom stereocenters. The van der Waals surface area contributed by atoms with E-state index >= 15 is 0 Å². The van der Waals surface area contributed by atoms with E-state index < -0.39 is 10.0 Å². The Balaban J connectivity index is 1.76. The van der Waals surface area contributed by atoms with Crippen LogP contribution in [0.2, 0.25) is 5.02 Å². The lowest BCUT2D eigenvalue weighted by Crippen LogP contribution is -2.17. The van der Waals surface area contributed by atoms with Gasteiger partial charge in [0.25, 0.3) is 10.0 Å². The number of halogens is 1. The molecule has 0 radical (unpaired) electrons. The first-order valence-electron chi connectivity index (χ1n) is 9.16. The summed E-state index contributed by atoms with van der Waals surface area (Å²) in [4.78, 5) is 18.8. The van der Waals surface area contributed by atoms with Crippen LogP contribution < -0.4 is 9.62 Å². The molecule has 0 atom stereocenters. The molecule has 0 fully saturated rings. The number of aryl methyl sites for hydroxylation is 1. The maximum atomic E-state index is 12.8. The first-order valence-corrected chi connectivity index (χ1v) is 11.0. The third kappa shape index (κ3) is 4.62. The lowest BCUT2D eigenvalue weighted by atomic mass is 10.1. The number of nitrogens with one attached hydrogen (secondary N) is 1. The van der Waals surface area contributed by atoms with E-state index in [1.54, 1.807) is 47.8 Å². The van der Waals surface area contributed by atoms with Crippen LogP contribution in [0.15, 0.2) is 84.4 Å². The Hall–Kier alpha value is -3.56. The molecule has 156 valence electrons. The van der Waals surface area contributed by atoms with Crippen LogP contribution in [0.1, 0.15) is 5.56 Å². The molecule has 0 saturated heterocycles. The van der Waals surface area contributed by atoms with Crippen molar-refractivity contribution in [2.45, 2.75) is 11.8 Å². The SMILES string of the molecule is Cc1ccc(NS(=O)(=O)c2ccc(Cl)cc2)cc1N(c1ccncn1)c1ncccn1. The fourth-order valence-corrected chi connectivity index (χ4v) is 4.07. The Morgan fingerprint density at radius 1 is 0.935 bits per heavy atom. The molecular formula is C21H17ClN6O2S. The highest BCUT2D eigenvalue weighted by atomic mass is 35.5. The van der Waals surface area contributed by atoms with Crippen LogP contribution in [-0.2, 0) is 10.0 Å². The molecule has 2 aromatic heterocycles. The third-order valence-electron chi connectivity index (χ3n) is 4.37. The fraction of sp³-hybridized carbons (Fsp3) is 0.0476. The summed E-state index contributed by atoms with van der Waals surface area (Å²) in [7, 11) is -3.80. The van der Waals surface area contributed by atoms with Gasteiger partial charge in [0.1, 0.15) is 12.1 Å². The molecule has 0 amide bonds. The van der Waals surface area contributed by atoms with Crippen molar-refractivity contribution < 1.29 is 8.42 Å². The van der Waals surface area contributed by atoms with Gasteiger partial charge in [0.2, 0.25) is 5.95 Å². The van der Waals surface area contributed by atoms with E-state index in [4.69, 9.17) is 11.6 Å². The fourth-order valence-electron chi connectivity index (χ4n) is 2.90. The molecule has 8 nitrogen and oxygen atoms in total. The quantitative estimate of drug-likeness (QED) is 0.459. The highest BCUT2D eigenvalue weighted by Crippen LogP contribution is 2.34. The Bertz CT molecular complexity index is 1250. The number of hydrogen-bond acceptors (Lipinski definition) is 7. The van der Waals surface area contributed by atoms with E-state index in [0.717, 1.165) is 5.56 Å². The van der Waals surface area contributed by atoms with Gasteiger partial charge < -0.3 is 0 Å². The topological polar surface area (TPSA) is 101 Å². The summed E-state index contributed by atoms with van der Waals surface area (Å²) in [6.45, 7) is 1.91. The van der Waals surface area contributed by atoms with Crippen molar-refractivity contribution in [2.75, 3.05) is 9.62 Å². The summed E-state index contributed by atoms with van der Waals surface area (Å²) in [6, 6.07) is 14.6. The van der Waals surface area contributed by atoms with Gasteiger partial charge in [-0.05, 0) is 61.0 Å². The zero-order valence-corrected chi connectivity index (χ0v) is 17.9. The van der Waals surface area contributed by atoms with Crippen molar-refractivity contribution in [2.24, 2.45) is 0 Å². The second-order valence-corrected chi connectivity index (χ2v) is 8.63. The summed E-state index contributed by atoms with van der Waals surface area (Å²) in [5, 5.41) is 0.458. The molecule has 4 rings (SSSR count). The van der Waals surface area contributed by atoms with E-state index in [2.05, 4.69) is 24.7 Å². The maximum absolute atomic E-state index is 12.8. The molecule has 0 aliphatic carbocycles. The summed E-state index contributed by atoms with van der Waals surface area (Å²) in [5.41, 5.74) is 1.92. The van der Waals surface area contributed by atoms with Gasteiger partial charge in [-0.2, -0.15) is 0 Å². The Morgan fingerprint density at radius 3 is 2.35 bits per heavy atom. The predicted octanol–water partition coefficient (Wildman–Crippen LogP) is 4.50. The molecule has 10 heteroatoms. The molecule has 4 aromatic rings. The van der Waals surface area contributed by atoms with Crippen LogP contribution >= 0.6 is 11.6 Å². The van der Waals surface area contributed by atoms with Crippen LogP contribution in [0.5, 0.6) is 0 Å². The Morgan fingerprint density at radius 2 is 1.68 bits per heavy atom. The van der Waals surface area contributed by atoms with Crippen LogP contribution in [0.4, 0.5) is 23.1 Å². The maximum Gasteiger partial charge on any atom is 0.261 e. The molecule has 1 N–H and O–H groups in total. The monoisotopic (exact) mass is 452 g/mol. The highest BCUT2D eigenvalue weighted by Gasteiger charge is 2.20. The zero-order valence-electron chi connectivity index (χ0n) is 16.3. The van der Waals surface area contributed by atoms with Crippen molar-refractivity contribution in [3.05, 3.63) is 90.1 Å². The van der Waals surface area contributed by atoms with Crippen LogP contribution in [0, 0.1) is 6.92 Å². The van der Waals surface area contributed by atoms with E-state index in [9.17, 15) is 8.42 Å². The number of sulfonamides is 1. The van der Waals surface area contributed by atoms with Gasteiger partial charge in [0.05, 0.1) is 16.3 Å². The summed E-state index contributed by atoms with van der Waals surface area (Å²) < 4.78 is 28.2. The molecule has 2 aromatic carbocycles. The standard InChI is InChI=1S/C21H17ClN6O2S/c1-15-3-6-17(27-31(29,30)18-7-4-16(22)5-8-18)13-19(15)28(20-9-12-23-14-26-20)21-24-10-2-11-25-21/h2-14,27H,1H3. The smallest absolute Gasteiger partial charge is 0.261 e. The van der Waals surface area contributed by atoms with Gasteiger partial charge in [-0.15, -0.1) is 0 Å². The zero-order chi connectivity index (χ0) is 21.8. The van der Waals surface area contributed by atoms with E-state index in [-0.39, 0.29) is 4.90 Å². The molecule has 0 saturated carbocycles. The lowest BCUT2D eigenvalue weighted by Gasteiger charge is -2.24. The molecule has 0 bridgehead atoms. The molecular weight excluding hydrogens is 436 g/mol. The average molecular weight is 453 g/mol. The summed E-state index contributed by atoms with van der Waals surface area (Å²) in [5.74, 6) is 0.934. The summed E-state index contributed by atoms with van der Waals surface area (Å²) >= 11 is 5.87. The number of anilines is 4. The molecule has 31 heavy (non-hydrogen) atoms. The highest BCUT2D eigenvalue weighted by molar-refractivity contribution is 7.92. The van der Waals surface area contributed by atoms with E-state index in [1.807, 2.05) is 13.0 Å². The minimum Gasteiger partial charge on any atom is -0.280 e. The normalized spacial score (nSPS) is 11.2. The van der Waals surface area contributed by atoms with Gasteiger partial charge >= 0.3 is 0 Å². The minimum absolute atomic E-state index is 0.109. The van der Waals surface area contributed by atoms with Crippen LogP contribution in [-0.4, -0.2) is 28.4 Å². The summed E-state index contributed by atoms with van der Waals surface area (Å²) in [6.07, 6.45) is 6.28. The van der Waals surface area contributed by atoms with Crippen LogP contribution in [0.3, 0.4) is 0 Å².